The minimum absolute atomic E-state index is 0.211. The minimum atomic E-state index is -0.706. The number of carbonyl (C=O) groups excluding carboxylic acids is 2. The fraction of sp³-hybridized carbons (Fsp3) is 0.750. The summed E-state index contributed by atoms with van der Waals surface area (Å²) in [5, 5.41) is 5.00. The topological polar surface area (TPSA) is 84.2 Å². The van der Waals surface area contributed by atoms with Gasteiger partial charge in [0, 0.05) is 7.05 Å². The maximum absolute atomic E-state index is 11.3. The van der Waals surface area contributed by atoms with Crippen molar-refractivity contribution < 1.29 is 9.59 Å². The van der Waals surface area contributed by atoms with Crippen LogP contribution in [0.1, 0.15) is 19.8 Å². The summed E-state index contributed by atoms with van der Waals surface area (Å²) in [6.07, 6.45) is 1.42. The number of carbonyl (C=O) groups is 2. The van der Waals surface area contributed by atoms with Crippen LogP contribution >= 0.6 is 0 Å². The van der Waals surface area contributed by atoms with Crippen molar-refractivity contribution in [2.24, 2.45) is 5.73 Å². The van der Waals surface area contributed by atoms with Crippen molar-refractivity contribution in [3.8, 4) is 0 Å². The van der Waals surface area contributed by atoms with Crippen LogP contribution in [0.4, 0.5) is 0 Å². The Kier molecular flexibility index (Phi) is 2.56. The van der Waals surface area contributed by atoms with Crippen molar-refractivity contribution in [1.82, 2.24) is 10.6 Å². The molecule has 0 heterocycles. The third-order valence-corrected chi connectivity index (χ3v) is 2.23. The van der Waals surface area contributed by atoms with E-state index in [1.807, 2.05) is 0 Å². The number of nitrogens with two attached hydrogens (primary N) is 1. The van der Waals surface area contributed by atoms with Gasteiger partial charge in [0.15, 0.2) is 0 Å². The normalized spacial score (nSPS) is 20.2. The molecule has 1 aliphatic rings. The highest BCUT2D eigenvalue weighted by Crippen LogP contribution is 2.32. The predicted octanol–water partition coefficient (Wildman–Crippen LogP) is -1.27. The molecule has 0 aliphatic heterocycles. The summed E-state index contributed by atoms with van der Waals surface area (Å²) in [5.74, 6) is -0.443. The number of nitrogens with one attached hydrogen (secondary N) is 2. The molecule has 0 saturated heterocycles. The molecule has 13 heavy (non-hydrogen) atoms. The van der Waals surface area contributed by atoms with Crippen molar-refractivity contribution in [3.05, 3.63) is 0 Å². The molecule has 1 fully saturated rings. The third-order valence-electron chi connectivity index (χ3n) is 2.23. The van der Waals surface area contributed by atoms with Gasteiger partial charge in [-0.1, -0.05) is 0 Å². The van der Waals surface area contributed by atoms with Crippen molar-refractivity contribution in [3.63, 3.8) is 0 Å². The largest absolute Gasteiger partial charge is 0.357 e. The molecule has 0 bridgehead atoms. The summed E-state index contributed by atoms with van der Waals surface area (Å²) in [6.45, 7) is 1.63. The predicted molar refractivity (Wildman–Crippen MR) is 47.8 cm³/mol. The summed E-state index contributed by atoms with van der Waals surface area (Å²) in [4.78, 5) is 22.4. The lowest BCUT2D eigenvalue weighted by Gasteiger charge is -2.15. The number of likely N-dealkylation sites (N-methyl/N-ethyl adjacent to an activating group) is 1. The zero-order valence-electron chi connectivity index (χ0n) is 7.89. The molecule has 74 valence electrons. The van der Waals surface area contributed by atoms with E-state index in [0.717, 1.165) is 0 Å². The van der Waals surface area contributed by atoms with E-state index in [4.69, 9.17) is 5.73 Å². The summed E-state index contributed by atoms with van der Waals surface area (Å²) in [6, 6.07) is -0.515. The van der Waals surface area contributed by atoms with Crippen LogP contribution in [0.2, 0.25) is 0 Å². The molecule has 1 atom stereocenters. The van der Waals surface area contributed by atoms with Crippen molar-refractivity contribution in [1.29, 1.82) is 0 Å². The van der Waals surface area contributed by atoms with E-state index in [1.165, 1.54) is 7.05 Å². The smallest absolute Gasteiger partial charge is 0.242 e. The van der Waals surface area contributed by atoms with E-state index in [2.05, 4.69) is 10.6 Å². The quantitative estimate of drug-likeness (QED) is 0.512. The second-order valence-corrected chi connectivity index (χ2v) is 3.47. The van der Waals surface area contributed by atoms with Gasteiger partial charge < -0.3 is 16.4 Å². The number of hydrogen-bond donors (Lipinski definition) is 3. The number of rotatable bonds is 3. The molecule has 0 aromatic carbocycles. The van der Waals surface area contributed by atoms with Gasteiger partial charge in [-0.3, -0.25) is 9.59 Å². The molecule has 4 N–H and O–H groups in total. The van der Waals surface area contributed by atoms with Crippen LogP contribution in [0.25, 0.3) is 0 Å². The van der Waals surface area contributed by atoms with Crippen LogP contribution in [0, 0.1) is 0 Å². The maximum atomic E-state index is 11.3. The van der Waals surface area contributed by atoms with E-state index in [1.54, 1.807) is 6.92 Å². The third kappa shape index (κ3) is 2.18. The molecule has 1 rings (SSSR count). The molecule has 5 nitrogen and oxygen atoms in total. The zero-order chi connectivity index (χ0) is 10.1. The molecule has 2 amide bonds. The van der Waals surface area contributed by atoms with Gasteiger partial charge in [-0.2, -0.15) is 0 Å². The Hall–Kier alpha value is -1.10. The summed E-state index contributed by atoms with van der Waals surface area (Å²) >= 11 is 0. The lowest BCUT2D eigenvalue weighted by atomic mass is 10.2. The highest BCUT2D eigenvalue weighted by molar-refractivity contribution is 5.93. The molecule has 0 aromatic heterocycles. The Labute approximate surface area is 77.1 Å². The summed E-state index contributed by atoms with van der Waals surface area (Å²) in [7, 11) is 1.53. The second kappa shape index (κ2) is 3.33. The molecule has 0 radical (unpaired) electrons. The van der Waals surface area contributed by atoms with E-state index in [0.29, 0.717) is 12.8 Å². The second-order valence-electron chi connectivity index (χ2n) is 3.47. The zero-order valence-corrected chi connectivity index (χ0v) is 7.89. The van der Waals surface area contributed by atoms with Crippen LogP contribution < -0.4 is 16.4 Å². The molecular formula is C8H15N3O2. The average Bonchev–Trinajstić information content (AvgIpc) is 2.83. The van der Waals surface area contributed by atoms with Crippen LogP contribution in [0.5, 0.6) is 0 Å². The van der Waals surface area contributed by atoms with Crippen molar-refractivity contribution >= 4 is 11.8 Å². The Morgan fingerprint density at radius 2 is 2.00 bits per heavy atom. The van der Waals surface area contributed by atoms with E-state index >= 15 is 0 Å². The SMILES string of the molecule is CNC(=O)C(C)NC(=O)C1(N)CC1. The van der Waals surface area contributed by atoms with Crippen LogP contribution in [0.3, 0.4) is 0 Å². The maximum Gasteiger partial charge on any atom is 0.242 e. The van der Waals surface area contributed by atoms with Crippen molar-refractivity contribution in [2.75, 3.05) is 7.05 Å². The highest BCUT2D eigenvalue weighted by atomic mass is 16.2. The first kappa shape index (κ1) is 9.98. The first-order chi connectivity index (χ1) is 5.99. The fourth-order valence-electron chi connectivity index (χ4n) is 0.984. The summed E-state index contributed by atoms with van der Waals surface area (Å²) < 4.78 is 0. The molecule has 0 spiro atoms. The first-order valence-electron chi connectivity index (χ1n) is 4.31. The van der Waals surface area contributed by atoms with Crippen LogP contribution in [0.15, 0.2) is 0 Å². The number of amides is 2. The Balaban J connectivity index is 2.40. The average molecular weight is 185 g/mol. The fourth-order valence-corrected chi connectivity index (χ4v) is 0.984. The first-order valence-corrected chi connectivity index (χ1v) is 4.31. The van der Waals surface area contributed by atoms with E-state index in [9.17, 15) is 9.59 Å². The lowest BCUT2D eigenvalue weighted by Crippen LogP contribution is -2.50. The van der Waals surface area contributed by atoms with Crippen LogP contribution in [-0.2, 0) is 9.59 Å². The van der Waals surface area contributed by atoms with E-state index in [-0.39, 0.29) is 11.8 Å². The molecule has 0 aromatic rings. The molecule has 1 saturated carbocycles. The molecule has 5 heteroatoms. The van der Waals surface area contributed by atoms with Gasteiger partial charge in [0.2, 0.25) is 11.8 Å². The molecular weight excluding hydrogens is 170 g/mol. The van der Waals surface area contributed by atoms with Gasteiger partial charge in [0.25, 0.3) is 0 Å². The van der Waals surface area contributed by atoms with Gasteiger partial charge in [0.1, 0.15) is 6.04 Å². The Bertz CT molecular complexity index is 236. The van der Waals surface area contributed by atoms with E-state index < -0.39 is 11.6 Å². The van der Waals surface area contributed by atoms with Gasteiger partial charge in [-0.15, -0.1) is 0 Å². The highest BCUT2D eigenvalue weighted by Gasteiger charge is 2.46. The van der Waals surface area contributed by atoms with Crippen molar-refractivity contribution in [2.45, 2.75) is 31.3 Å². The number of hydrogen-bond acceptors (Lipinski definition) is 3. The van der Waals surface area contributed by atoms with Crippen LogP contribution in [-0.4, -0.2) is 30.4 Å². The minimum Gasteiger partial charge on any atom is -0.357 e. The molecule has 1 aliphatic carbocycles. The van der Waals surface area contributed by atoms with Gasteiger partial charge in [-0.25, -0.2) is 0 Å². The van der Waals surface area contributed by atoms with Gasteiger partial charge in [-0.05, 0) is 19.8 Å². The standard InChI is InChI=1S/C8H15N3O2/c1-5(6(12)10-2)11-7(13)8(9)3-4-8/h5H,3-4,9H2,1-2H3,(H,10,12)(H,11,13). The van der Waals surface area contributed by atoms with Gasteiger partial charge in [0.05, 0.1) is 5.54 Å². The monoisotopic (exact) mass is 185 g/mol. The molecule has 1 unspecified atom stereocenters. The summed E-state index contributed by atoms with van der Waals surface area (Å²) in [5.41, 5.74) is 4.93. The Morgan fingerprint density at radius 3 is 2.38 bits per heavy atom. The van der Waals surface area contributed by atoms with Gasteiger partial charge >= 0.3 is 0 Å². The Morgan fingerprint density at radius 1 is 1.46 bits per heavy atom. The lowest BCUT2D eigenvalue weighted by molar-refractivity contribution is -0.129.